The highest BCUT2D eigenvalue weighted by Gasteiger charge is 2.49. The van der Waals surface area contributed by atoms with E-state index in [1.807, 2.05) is 35.9 Å². The Morgan fingerprint density at radius 1 is 1.22 bits per heavy atom. The third kappa shape index (κ3) is 4.05. The van der Waals surface area contributed by atoms with Gasteiger partial charge >= 0.3 is 0 Å². The molecule has 6 rings (SSSR count). The van der Waals surface area contributed by atoms with Crippen molar-refractivity contribution in [2.45, 2.75) is 74.9 Å². The zero-order valence-corrected chi connectivity index (χ0v) is 21.7. The largest absolute Gasteiger partial charge is 0.320 e. The summed E-state index contributed by atoms with van der Waals surface area (Å²) in [6, 6.07) is 11.1. The summed E-state index contributed by atoms with van der Waals surface area (Å²) in [5.74, 6) is 0.581. The number of fused-ring (bicyclic) bond motifs is 1. The molecule has 6 nitrogen and oxygen atoms in total. The van der Waals surface area contributed by atoms with Gasteiger partial charge in [-0.15, -0.1) is 21.8 Å². The predicted molar refractivity (Wildman–Crippen MR) is 138 cm³/mol. The molecule has 2 fully saturated rings. The molecule has 1 aromatic heterocycles. The lowest BCUT2D eigenvalue weighted by Crippen LogP contribution is -2.47. The van der Waals surface area contributed by atoms with E-state index in [1.165, 1.54) is 6.42 Å². The minimum atomic E-state index is -2.65. The van der Waals surface area contributed by atoms with Gasteiger partial charge in [-0.2, -0.15) is 0 Å². The highest BCUT2D eigenvalue weighted by molar-refractivity contribution is 6.21. The fourth-order valence-electron chi connectivity index (χ4n) is 6.14. The van der Waals surface area contributed by atoms with Crippen LogP contribution in [-0.4, -0.2) is 31.6 Å². The highest BCUT2D eigenvalue weighted by Crippen LogP contribution is 2.51. The highest BCUT2D eigenvalue weighted by atomic mass is 35.5. The molecule has 2 aliphatic carbocycles. The molecule has 194 valence electrons. The molecule has 0 unspecified atom stereocenters. The predicted octanol–water partition coefficient (Wildman–Crippen LogP) is 5.63. The molecule has 1 amide bonds. The second kappa shape index (κ2) is 8.88. The Labute approximate surface area is 220 Å². The topological polar surface area (TPSA) is 63.1 Å². The van der Waals surface area contributed by atoms with E-state index in [9.17, 15) is 13.6 Å². The number of amides is 1. The first kappa shape index (κ1) is 24.5. The van der Waals surface area contributed by atoms with Crippen molar-refractivity contribution in [1.82, 2.24) is 20.1 Å². The number of aryl methyl sites for hydroxylation is 1. The molecule has 37 heavy (non-hydrogen) atoms. The SMILES string of the molecule is Cn1cnnc1[C@]1(c2cccc(N3Cc4c(cc(CNC5(C)CCC5)cc4C(F)F)C3=O)c2)C[C@H](Cl)C1. The molecule has 0 atom stereocenters. The number of hydrogen-bond donors (Lipinski definition) is 1. The first-order valence-electron chi connectivity index (χ1n) is 12.8. The maximum Gasteiger partial charge on any atom is 0.264 e. The van der Waals surface area contributed by atoms with Crippen molar-refractivity contribution in [3.05, 3.63) is 76.4 Å². The Morgan fingerprint density at radius 3 is 2.62 bits per heavy atom. The summed E-state index contributed by atoms with van der Waals surface area (Å²) in [7, 11) is 1.91. The van der Waals surface area contributed by atoms with Gasteiger partial charge in [0, 0.05) is 41.3 Å². The molecular formula is C28H30ClF2N5O. The van der Waals surface area contributed by atoms with Gasteiger partial charge in [-0.3, -0.25) is 4.79 Å². The number of carbonyl (C=O) groups excluding carboxylic acids is 1. The molecule has 3 aliphatic rings. The molecule has 3 aromatic rings. The number of halogens is 3. The number of hydrogen-bond acceptors (Lipinski definition) is 4. The Bertz CT molecular complexity index is 1360. The minimum Gasteiger partial charge on any atom is -0.320 e. The van der Waals surface area contributed by atoms with Gasteiger partial charge in [-0.05, 0) is 80.0 Å². The van der Waals surface area contributed by atoms with Crippen molar-refractivity contribution in [3.63, 3.8) is 0 Å². The van der Waals surface area contributed by atoms with E-state index in [0.717, 1.165) is 29.8 Å². The number of nitrogens with one attached hydrogen (secondary N) is 1. The van der Waals surface area contributed by atoms with E-state index in [2.05, 4.69) is 22.4 Å². The molecule has 0 spiro atoms. The summed E-state index contributed by atoms with van der Waals surface area (Å²) in [5.41, 5.74) is 2.77. The van der Waals surface area contributed by atoms with Crippen LogP contribution in [0.25, 0.3) is 0 Å². The van der Waals surface area contributed by atoms with Crippen molar-refractivity contribution < 1.29 is 13.6 Å². The summed E-state index contributed by atoms with van der Waals surface area (Å²) in [6.07, 6.45) is 3.76. The van der Waals surface area contributed by atoms with Crippen LogP contribution in [-0.2, 0) is 25.6 Å². The van der Waals surface area contributed by atoms with Crippen LogP contribution in [0, 0.1) is 0 Å². The van der Waals surface area contributed by atoms with Gasteiger partial charge in [0.2, 0.25) is 0 Å². The van der Waals surface area contributed by atoms with Crippen LogP contribution in [0.3, 0.4) is 0 Å². The zero-order chi connectivity index (χ0) is 25.9. The van der Waals surface area contributed by atoms with Crippen LogP contribution >= 0.6 is 11.6 Å². The number of nitrogens with zero attached hydrogens (tertiary/aromatic N) is 4. The summed E-state index contributed by atoms with van der Waals surface area (Å²) in [4.78, 5) is 15.2. The molecule has 1 N–H and O–H groups in total. The number of aromatic nitrogens is 3. The first-order chi connectivity index (χ1) is 17.7. The number of carbonyl (C=O) groups is 1. The molecule has 2 aromatic carbocycles. The Morgan fingerprint density at radius 2 is 2.00 bits per heavy atom. The Hall–Kier alpha value is -2.84. The van der Waals surface area contributed by atoms with Crippen LogP contribution in [0.1, 0.15) is 83.9 Å². The Kier molecular flexibility index (Phi) is 5.88. The lowest BCUT2D eigenvalue weighted by atomic mass is 9.63. The first-order valence-corrected chi connectivity index (χ1v) is 13.2. The average molecular weight is 526 g/mol. The van der Waals surface area contributed by atoms with Crippen LogP contribution < -0.4 is 10.2 Å². The van der Waals surface area contributed by atoms with Crippen molar-refractivity contribution in [2.75, 3.05) is 4.90 Å². The third-order valence-corrected chi connectivity index (χ3v) is 8.85. The van der Waals surface area contributed by atoms with Crippen molar-refractivity contribution in [1.29, 1.82) is 0 Å². The molecular weight excluding hydrogens is 496 g/mol. The smallest absolute Gasteiger partial charge is 0.264 e. The molecule has 2 saturated carbocycles. The van der Waals surface area contributed by atoms with E-state index in [1.54, 1.807) is 23.4 Å². The number of anilines is 1. The lowest BCUT2D eigenvalue weighted by Gasteiger charge is -2.44. The van der Waals surface area contributed by atoms with E-state index in [0.29, 0.717) is 36.2 Å². The van der Waals surface area contributed by atoms with E-state index >= 15 is 0 Å². The van der Waals surface area contributed by atoms with Gasteiger partial charge in [-0.1, -0.05) is 12.1 Å². The van der Waals surface area contributed by atoms with Crippen molar-refractivity contribution in [3.8, 4) is 0 Å². The van der Waals surface area contributed by atoms with E-state index in [4.69, 9.17) is 11.6 Å². The Balaban J connectivity index is 1.32. The number of alkyl halides is 3. The molecule has 0 radical (unpaired) electrons. The van der Waals surface area contributed by atoms with Gasteiger partial charge in [0.1, 0.15) is 12.2 Å². The van der Waals surface area contributed by atoms with Crippen LogP contribution in [0.2, 0.25) is 0 Å². The number of benzene rings is 2. The maximum atomic E-state index is 14.1. The monoisotopic (exact) mass is 525 g/mol. The van der Waals surface area contributed by atoms with Crippen molar-refractivity contribution in [2.24, 2.45) is 7.05 Å². The average Bonchev–Trinajstić information content (AvgIpc) is 3.42. The standard InChI is InChI=1S/C28H30ClF2N5O/c1-27(7-4-8-27)32-14-17-9-21(24(30)31)23-15-36(25(37)22(23)10-17)20-6-3-5-18(11-20)28(12-19(29)13-28)26-34-33-16-35(26)2/h3,5-6,9-11,16,19,24,32H,4,7-8,12-15H2,1-2H3/t19-,28+. The van der Waals surface area contributed by atoms with Crippen LogP contribution in [0.5, 0.6) is 0 Å². The van der Waals surface area contributed by atoms with Gasteiger partial charge < -0.3 is 14.8 Å². The molecule has 0 bridgehead atoms. The summed E-state index contributed by atoms with van der Waals surface area (Å²) < 4.78 is 30.2. The summed E-state index contributed by atoms with van der Waals surface area (Å²) >= 11 is 6.43. The van der Waals surface area contributed by atoms with Gasteiger partial charge in [0.25, 0.3) is 12.3 Å². The quantitative estimate of drug-likeness (QED) is 0.406. The van der Waals surface area contributed by atoms with E-state index in [-0.39, 0.29) is 28.9 Å². The molecule has 9 heteroatoms. The van der Waals surface area contributed by atoms with Crippen LogP contribution in [0.4, 0.5) is 14.5 Å². The fraction of sp³-hybridized carbons (Fsp3) is 0.464. The summed E-state index contributed by atoms with van der Waals surface area (Å²) in [5, 5.41) is 11.9. The van der Waals surface area contributed by atoms with Gasteiger partial charge in [-0.25, -0.2) is 8.78 Å². The number of rotatable bonds is 7. The second-order valence-corrected chi connectivity index (χ2v) is 11.7. The molecule has 2 heterocycles. The fourth-order valence-corrected chi connectivity index (χ4v) is 6.66. The van der Waals surface area contributed by atoms with Gasteiger partial charge in [0.05, 0.1) is 12.0 Å². The third-order valence-electron chi connectivity index (χ3n) is 8.54. The molecule has 1 aliphatic heterocycles. The lowest BCUT2D eigenvalue weighted by molar-refractivity contribution is 0.0996. The normalized spacial score (nSPS) is 24.2. The molecule has 0 saturated heterocycles. The maximum absolute atomic E-state index is 14.1. The second-order valence-electron chi connectivity index (χ2n) is 11.1. The van der Waals surface area contributed by atoms with Crippen molar-refractivity contribution >= 4 is 23.2 Å². The minimum absolute atomic E-state index is 0.0286. The van der Waals surface area contributed by atoms with E-state index < -0.39 is 11.8 Å². The summed E-state index contributed by atoms with van der Waals surface area (Å²) in [6.45, 7) is 2.74. The van der Waals surface area contributed by atoms with Crippen LogP contribution in [0.15, 0.2) is 42.7 Å². The zero-order valence-electron chi connectivity index (χ0n) is 21.0. The van der Waals surface area contributed by atoms with Gasteiger partial charge in [0.15, 0.2) is 0 Å².